The van der Waals surface area contributed by atoms with Crippen LogP contribution in [0.5, 0.6) is 0 Å². The Morgan fingerprint density at radius 1 is 1.61 bits per heavy atom. The fourth-order valence-electron chi connectivity index (χ4n) is 1.40. The van der Waals surface area contributed by atoms with Gasteiger partial charge in [-0.15, -0.1) is 0 Å². The maximum atomic E-state index is 11.3. The number of nitrogens with one attached hydrogen (secondary N) is 1. The number of aliphatic hydroxyl groups is 1. The Labute approximate surface area is 107 Å². The monoisotopic (exact) mass is 255 g/mol. The average Bonchev–Trinajstić information content (AvgIpc) is 2.84. The van der Waals surface area contributed by atoms with Gasteiger partial charge in [0, 0.05) is 19.6 Å². The predicted octanol–water partition coefficient (Wildman–Crippen LogP) is 1.46. The zero-order chi connectivity index (χ0) is 13.2. The second-order valence-corrected chi connectivity index (χ2v) is 4.22. The van der Waals surface area contributed by atoms with Crippen molar-refractivity contribution in [2.45, 2.75) is 38.9 Å². The number of rotatable bonds is 9. The molecule has 102 valence electrons. The first-order valence-corrected chi connectivity index (χ1v) is 6.23. The highest BCUT2D eigenvalue weighted by Gasteiger charge is 2.03. The minimum atomic E-state index is -0.424. The summed E-state index contributed by atoms with van der Waals surface area (Å²) < 4.78 is 10.5. The van der Waals surface area contributed by atoms with Gasteiger partial charge in [-0.3, -0.25) is 4.79 Å². The van der Waals surface area contributed by atoms with E-state index in [2.05, 4.69) is 5.32 Å². The fourth-order valence-corrected chi connectivity index (χ4v) is 1.40. The molecule has 5 heteroatoms. The van der Waals surface area contributed by atoms with Crippen molar-refractivity contribution in [2.24, 2.45) is 0 Å². The normalized spacial score (nSPS) is 12.3. The van der Waals surface area contributed by atoms with E-state index in [4.69, 9.17) is 14.3 Å². The van der Waals surface area contributed by atoms with Crippen molar-refractivity contribution in [2.75, 3.05) is 13.2 Å². The van der Waals surface area contributed by atoms with Crippen molar-refractivity contribution in [3.05, 3.63) is 24.2 Å². The molecule has 0 spiro atoms. The molecular formula is C13H21NO4. The predicted molar refractivity (Wildman–Crippen MR) is 66.9 cm³/mol. The highest BCUT2D eigenvalue weighted by Crippen LogP contribution is 2.01. The summed E-state index contributed by atoms with van der Waals surface area (Å²) in [5.41, 5.74) is 0. The van der Waals surface area contributed by atoms with Crippen molar-refractivity contribution in [1.82, 2.24) is 5.32 Å². The van der Waals surface area contributed by atoms with Crippen LogP contribution in [0.1, 0.15) is 31.9 Å². The third kappa shape index (κ3) is 7.09. The van der Waals surface area contributed by atoms with Gasteiger partial charge in [0.2, 0.25) is 5.91 Å². The van der Waals surface area contributed by atoms with E-state index in [1.54, 1.807) is 13.2 Å². The first kappa shape index (κ1) is 14.7. The lowest BCUT2D eigenvalue weighted by Gasteiger charge is -2.06. The number of carbonyl (C=O) groups excluding carboxylic acids is 1. The van der Waals surface area contributed by atoms with Gasteiger partial charge in [-0.25, -0.2) is 0 Å². The number of carbonyl (C=O) groups is 1. The van der Waals surface area contributed by atoms with Gasteiger partial charge in [-0.1, -0.05) is 0 Å². The largest absolute Gasteiger partial charge is 0.467 e. The summed E-state index contributed by atoms with van der Waals surface area (Å²) >= 11 is 0. The quantitative estimate of drug-likeness (QED) is 0.655. The Kier molecular flexibility index (Phi) is 7.13. The molecule has 0 radical (unpaired) electrons. The first-order chi connectivity index (χ1) is 8.68. The molecule has 0 aliphatic carbocycles. The van der Waals surface area contributed by atoms with Crippen LogP contribution in [0.15, 0.2) is 22.8 Å². The third-order valence-electron chi connectivity index (χ3n) is 2.40. The minimum Gasteiger partial charge on any atom is -0.467 e. The zero-order valence-corrected chi connectivity index (χ0v) is 10.7. The summed E-state index contributed by atoms with van der Waals surface area (Å²) in [5.74, 6) is 0.776. The van der Waals surface area contributed by atoms with E-state index in [1.165, 1.54) is 0 Å². The van der Waals surface area contributed by atoms with Crippen molar-refractivity contribution < 1.29 is 19.1 Å². The van der Waals surface area contributed by atoms with Gasteiger partial charge in [0.15, 0.2) is 0 Å². The molecule has 0 aromatic carbocycles. The van der Waals surface area contributed by atoms with Gasteiger partial charge in [-0.2, -0.15) is 0 Å². The number of amides is 1. The van der Waals surface area contributed by atoms with E-state index in [0.717, 1.165) is 12.2 Å². The lowest BCUT2D eigenvalue weighted by molar-refractivity contribution is -0.121. The van der Waals surface area contributed by atoms with E-state index in [1.807, 2.05) is 12.1 Å². The molecule has 1 aromatic heterocycles. The third-order valence-corrected chi connectivity index (χ3v) is 2.40. The molecular weight excluding hydrogens is 234 g/mol. The van der Waals surface area contributed by atoms with Gasteiger partial charge < -0.3 is 19.6 Å². The summed E-state index contributed by atoms with van der Waals surface area (Å²) in [6, 6.07) is 3.68. The highest BCUT2D eigenvalue weighted by molar-refractivity contribution is 5.75. The lowest BCUT2D eigenvalue weighted by Crippen LogP contribution is -2.25. The van der Waals surface area contributed by atoms with E-state index in [0.29, 0.717) is 32.6 Å². The highest BCUT2D eigenvalue weighted by atomic mass is 16.5. The summed E-state index contributed by atoms with van der Waals surface area (Å²) in [6.07, 6.45) is 2.82. The number of hydrogen-bond acceptors (Lipinski definition) is 4. The van der Waals surface area contributed by atoms with Crippen molar-refractivity contribution >= 4 is 5.91 Å². The molecule has 1 atom stereocenters. The average molecular weight is 255 g/mol. The van der Waals surface area contributed by atoms with E-state index in [-0.39, 0.29) is 5.91 Å². The molecule has 0 bridgehead atoms. The fraction of sp³-hybridized carbons (Fsp3) is 0.615. The van der Waals surface area contributed by atoms with Crippen LogP contribution in [-0.2, 0) is 16.1 Å². The molecule has 0 saturated heterocycles. The van der Waals surface area contributed by atoms with Crippen LogP contribution in [-0.4, -0.2) is 30.3 Å². The molecule has 1 unspecified atom stereocenters. The van der Waals surface area contributed by atoms with Crippen molar-refractivity contribution in [1.29, 1.82) is 0 Å². The molecule has 0 saturated carbocycles. The molecule has 5 nitrogen and oxygen atoms in total. The van der Waals surface area contributed by atoms with Crippen LogP contribution < -0.4 is 5.32 Å². The van der Waals surface area contributed by atoms with Gasteiger partial charge in [0.05, 0.1) is 12.4 Å². The number of hydrogen-bond donors (Lipinski definition) is 2. The summed E-state index contributed by atoms with van der Waals surface area (Å²) in [4.78, 5) is 11.3. The zero-order valence-electron chi connectivity index (χ0n) is 10.7. The summed E-state index contributed by atoms with van der Waals surface area (Å²) in [6.45, 7) is 3.31. The van der Waals surface area contributed by atoms with Crippen LogP contribution in [0, 0.1) is 0 Å². The number of furan rings is 1. The molecule has 0 aliphatic rings. The number of aliphatic hydroxyl groups excluding tert-OH is 1. The maximum Gasteiger partial charge on any atom is 0.220 e. The van der Waals surface area contributed by atoms with Crippen LogP contribution in [0.25, 0.3) is 0 Å². The van der Waals surface area contributed by atoms with Crippen molar-refractivity contribution in [3.8, 4) is 0 Å². The van der Waals surface area contributed by atoms with Gasteiger partial charge in [0.1, 0.15) is 12.4 Å². The molecule has 1 rings (SSSR count). The van der Waals surface area contributed by atoms with Gasteiger partial charge in [-0.05, 0) is 31.9 Å². The topological polar surface area (TPSA) is 71.7 Å². The first-order valence-electron chi connectivity index (χ1n) is 6.23. The van der Waals surface area contributed by atoms with E-state index < -0.39 is 6.10 Å². The Morgan fingerprint density at radius 3 is 3.11 bits per heavy atom. The molecule has 0 aliphatic heterocycles. The Bertz CT molecular complexity index is 322. The molecule has 18 heavy (non-hydrogen) atoms. The second kappa shape index (κ2) is 8.72. The Hall–Kier alpha value is -1.33. The summed E-state index contributed by atoms with van der Waals surface area (Å²) in [7, 11) is 0. The summed E-state index contributed by atoms with van der Waals surface area (Å²) in [5, 5.41) is 11.8. The second-order valence-electron chi connectivity index (χ2n) is 4.22. The number of ether oxygens (including phenoxy) is 1. The van der Waals surface area contributed by atoms with Crippen LogP contribution in [0.2, 0.25) is 0 Å². The molecule has 1 heterocycles. The molecule has 2 N–H and O–H groups in total. The molecule has 1 amide bonds. The smallest absolute Gasteiger partial charge is 0.220 e. The Balaban J connectivity index is 1.90. The lowest BCUT2D eigenvalue weighted by atomic mass is 10.2. The van der Waals surface area contributed by atoms with Crippen LogP contribution in [0.3, 0.4) is 0 Å². The standard InChI is InChI=1S/C13H21NO4/c1-11(15)5-6-13(16)14-7-3-8-17-10-12-4-2-9-18-12/h2,4,9,11,15H,3,5-8,10H2,1H3,(H,14,16). The van der Waals surface area contributed by atoms with E-state index >= 15 is 0 Å². The van der Waals surface area contributed by atoms with Gasteiger partial charge in [0.25, 0.3) is 0 Å². The van der Waals surface area contributed by atoms with E-state index in [9.17, 15) is 4.79 Å². The maximum absolute atomic E-state index is 11.3. The molecule has 1 aromatic rings. The van der Waals surface area contributed by atoms with Crippen molar-refractivity contribution in [3.63, 3.8) is 0 Å². The Morgan fingerprint density at radius 2 is 2.44 bits per heavy atom. The minimum absolute atomic E-state index is 0.0260. The molecule has 0 fully saturated rings. The van der Waals surface area contributed by atoms with Gasteiger partial charge >= 0.3 is 0 Å². The SMILES string of the molecule is CC(O)CCC(=O)NCCCOCc1ccco1. The van der Waals surface area contributed by atoms with Crippen LogP contribution in [0.4, 0.5) is 0 Å². The van der Waals surface area contributed by atoms with Crippen LogP contribution >= 0.6 is 0 Å².